The summed E-state index contributed by atoms with van der Waals surface area (Å²) >= 11 is 0. The highest BCUT2D eigenvalue weighted by molar-refractivity contribution is 5.88. The Morgan fingerprint density at radius 3 is 1.79 bits per heavy atom. The van der Waals surface area contributed by atoms with Crippen LogP contribution >= 0.6 is 0 Å². The van der Waals surface area contributed by atoms with Gasteiger partial charge in [0.05, 0.1) is 6.61 Å². The minimum atomic E-state index is -1.38. The van der Waals surface area contributed by atoms with Crippen molar-refractivity contribution in [2.45, 2.75) is 52.4 Å². The third-order valence-corrected chi connectivity index (χ3v) is 3.27. The number of carbonyl (C=O) groups excluding carboxylic acids is 5. The molecule has 0 bridgehead atoms. The van der Waals surface area contributed by atoms with Gasteiger partial charge in [-0.25, -0.2) is 0 Å². The zero-order valence-corrected chi connectivity index (χ0v) is 13.9. The minimum Gasteiger partial charge on any atom is -0.465 e. The standard InChI is InChI=1S/C15H20O9/c1-7(16)21-6-11-5-12(20)14(23-9(3)18)15(24-10(4)19)13(11)22-8(2)17/h11,13-15H,5-6H2,1-4H3/t11-,13+,14+,15+/m1/s1. The molecule has 9 heteroatoms. The van der Waals surface area contributed by atoms with Crippen LogP contribution in [0.15, 0.2) is 0 Å². The third-order valence-electron chi connectivity index (χ3n) is 3.27. The van der Waals surface area contributed by atoms with Crippen LogP contribution in [0.3, 0.4) is 0 Å². The number of rotatable bonds is 5. The Morgan fingerprint density at radius 1 is 0.833 bits per heavy atom. The topological polar surface area (TPSA) is 122 Å². The highest BCUT2D eigenvalue weighted by atomic mass is 16.6. The fourth-order valence-electron chi connectivity index (χ4n) is 2.48. The largest absolute Gasteiger partial charge is 0.465 e. The van der Waals surface area contributed by atoms with Gasteiger partial charge >= 0.3 is 23.9 Å². The summed E-state index contributed by atoms with van der Waals surface area (Å²) in [7, 11) is 0. The van der Waals surface area contributed by atoms with Gasteiger partial charge in [-0.15, -0.1) is 0 Å². The first-order chi connectivity index (χ1) is 11.1. The molecular weight excluding hydrogens is 324 g/mol. The van der Waals surface area contributed by atoms with Crippen molar-refractivity contribution in [3.63, 3.8) is 0 Å². The predicted molar refractivity (Wildman–Crippen MR) is 76.4 cm³/mol. The summed E-state index contributed by atoms with van der Waals surface area (Å²) in [5.74, 6) is -3.98. The number of Topliss-reactive ketones (excluding diaryl/α,β-unsaturated/α-hetero) is 1. The van der Waals surface area contributed by atoms with Crippen LogP contribution in [0.2, 0.25) is 0 Å². The van der Waals surface area contributed by atoms with Gasteiger partial charge in [0.2, 0.25) is 0 Å². The number of carbonyl (C=O) groups is 5. The molecule has 1 aliphatic rings. The molecule has 1 aliphatic carbocycles. The first-order valence-electron chi connectivity index (χ1n) is 7.29. The maximum absolute atomic E-state index is 12.3. The predicted octanol–water partition coefficient (Wildman–Crippen LogP) is -0.0664. The Kier molecular flexibility index (Phi) is 6.87. The second-order valence-corrected chi connectivity index (χ2v) is 5.41. The summed E-state index contributed by atoms with van der Waals surface area (Å²) in [6.07, 6.45) is -3.95. The smallest absolute Gasteiger partial charge is 0.303 e. The molecule has 0 spiro atoms. The van der Waals surface area contributed by atoms with Crippen molar-refractivity contribution in [1.82, 2.24) is 0 Å². The van der Waals surface area contributed by atoms with Gasteiger partial charge in [0.15, 0.2) is 18.0 Å². The Hall–Kier alpha value is -2.45. The first kappa shape index (κ1) is 19.6. The van der Waals surface area contributed by atoms with E-state index in [9.17, 15) is 24.0 Å². The highest BCUT2D eigenvalue weighted by Gasteiger charge is 2.50. The first-order valence-corrected chi connectivity index (χ1v) is 7.29. The van der Waals surface area contributed by atoms with Crippen molar-refractivity contribution >= 4 is 29.7 Å². The molecule has 0 aromatic carbocycles. The third kappa shape index (κ3) is 5.64. The molecule has 24 heavy (non-hydrogen) atoms. The SMILES string of the molecule is CC(=O)OC[C@H]1CC(=O)[C@H](OC(C)=O)[C@@H](OC(C)=O)[C@H]1OC(C)=O. The van der Waals surface area contributed by atoms with Gasteiger partial charge < -0.3 is 18.9 Å². The molecule has 0 amide bonds. The van der Waals surface area contributed by atoms with E-state index in [0.29, 0.717) is 0 Å². The van der Waals surface area contributed by atoms with Gasteiger partial charge in [0, 0.05) is 40.0 Å². The van der Waals surface area contributed by atoms with Gasteiger partial charge in [0.25, 0.3) is 0 Å². The quantitative estimate of drug-likeness (QED) is 0.498. The fourth-order valence-corrected chi connectivity index (χ4v) is 2.48. The van der Waals surface area contributed by atoms with Crippen LogP contribution < -0.4 is 0 Å². The average Bonchev–Trinajstić information content (AvgIpc) is 2.42. The molecule has 0 aromatic rings. The molecule has 9 nitrogen and oxygen atoms in total. The van der Waals surface area contributed by atoms with Crippen LogP contribution in [-0.4, -0.2) is 54.6 Å². The molecule has 0 heterocycles. The summed E-state index contributed by atoms with van der Waals surface area (Å²) < 4.78 is 20.0. The lowest BCUT2D eigenvalue weighted by Crippen LogP contribution is -2.57. The normalized spacial score (nSPS) is 26.2. The summed E-state index contributed by atoms with van der Waals surface area (Å²) in [6, 6.07) is 0. The fraction of sp³-hybridized carbons (Fsp3) is 0.667. The maximum atomic E-state index is 12.3. The van der Waals surface area contributed by atoms with Crippen molar-refractivity contribution in [3.05, 3.63) is 0 Å². The van der Waals surface area contributed by atoms with Gasteiger partial charge in [-0.1, -0.05) is 0 Å². The Bertz CT molecular complexity index is 539. The van der Waals surface area contributed by atoms with Crippen molar-refractivity contribution in [2.24, 2.45) is 5.92 Å². The second kappa shape index (κ2) is 8.42. The maximum Gasteiger partial charge on any atom is 0.303 e. The van der Waals surface area contributed by atoms with Crippen LogP contribution in [0.4, 0.5) is 0 Å². The van der Waals surface area contributed by atoms with E-state index in [4.69, 9.17) is 18.9 Å². The molecule has 0 saturated heterocycles. The molecule has 0 aliphatic heterocycles. The molecule has 1 fully saturated rings. The summed E-state index contributed by atoms with van der Waals surface area (Å²) in [5.41, 5.74) is 0. The summed E-state index contributed by atoms with van der Waals surface area (Å²) in [5, 5.41) is 0. The molecule has 1 rings (SSSR count). The Labute approximate surface area is 138 Å². The Morgan fingerprint density at radius 2 is 1.33 bits per heavy atom. The number of hydrogen-bond donors (Lipinski definition) is 0. The van der Waals surface area contributed by atoms with Crippen LogP contribution in [0, 0.1) is 5.92 Å². The van der Waals surface area contributed by atoms with Crippen LogP contribution in [0.25, 0.3) is 0 Å². The van der Waals surface area contributed by atoms with E-state index in [2.05, 4.69) is 0 Å². The van der Waals surface area contributed by atoms with E-state index < -0.39 is 53.9 Å². The molecule has 0 aromatic heterocycles. The van der Waals surface area contributed by atoms with E-state index >= 15 is 0 Å². The molecule has 0 N–H and O–H groups in total. The molecule has 4 atom stereocenters. The van der Waals surface area contributed by atoms with E-state index in [1.54, 1.807) is 0 Å². The monoisotopic (exact) mass is 344 g/mol. The zero-order valence-electron chi connectivity index (χ0n) is 13.9. The van der Waals surface area contributed by atoms with Gasteiger partial charge in [-0.3, -0.25) is 24.0 Å². The molecule has 1 saturated carbocycles. The van der Waals surface area contributed by atoms with E-state index in [1.165, 1.54) is 6.92 Å². The lowest BCUT2D eigenvalue weighted by atomic mass is 9.81. The molecule has 0 unspecified atom stereocenters. The van der Waals surface area contributed by atoms with Gasteiger partial charge in [0.1, 0.15) is 6.10 Å². The van der Waals surface area contributed by atoms with Crippen molar-refractivity contribution in [1.29, 1.82) is 0 Å². The highest BCUT2D eigenvalue weighted by Crippen LogP contribution is 2.30. The number of esters is 4. The Balaban J connectivity index is 3.13. The molecule has 0 radical (unpaired) electrons. The van der Waals surface area contributed by atoms with E-state index in [-0.39, 0.29) is 13.0 Å². The zero-order chi connectivity index (χ0) is 18.4. The van der Waals surface area contributed by atoms with E-state index in [1.807, 2.05) is 0 Å². The number of ether oxygens (including phenoxy) is 4. The molecule has 134 valence electrons. The summed E-state index contributed by atoms with van der Waals surface area (Å²) in [4.78, 5) is 57.2. The molecular formula is C15H20O9. The minimum absolute atomic E-state index is 0.166. The average molecular weight is 344 g/mol. The van der Waals surface area contributed by atoms with Gasteiger partial charge in [-0.2, -0.15) is 0 Å². The second-order valence-electron chi connectivity index (χ2n) is 5.41. The summed E-state index contributed by atoms with van der Waals surface area (Å²) in [6.45, 7) is 4.34. The van der Waals surface area contributed by atoms with Crippen molar-refractivity contribution in [2.75, 3.05) is 6.61 Å². The number of ketones is 1. The van der Waals surface area contributed by atoms with E-state index in [0.717, 1.165) is 20.8 Å². The lowest BCUT2D eigenvalue weighted by Gasteiger charge is -2.39. The van der Waals surface area contributed by atoms with Crippen LogP contribution in [0.5, 0.6) is 0 Å². The van der Waals surface area contributed by atoms with Crippen LogP contribution in [-0.2, 0) is 42.9 Å². The van der Waals surface area contributed by atoms with Crippen molar-refractivity contribution < 1.29 is 42.9 Å². The lowest BCUT2D eigenvalue weighted by molar-refractivity contribution is -0.199. The van der Waals surface area contributed by atoms with Crippen LogP contribution in [0.1, 0.15) is 34.1 Å². The van der Waals surface area contributed by atoms with Crippen molar-refractivity contribution in [3.8, 4) is 0 Å². The number of hydrogen-bond acceptors (Lipinski definition) is 9. The van der Waals surface area contributed by atoms with Gasteiger partial charge in [-0.05, 0) is 0 Å².